The van der Waals surface area contributed by atoms with E-state index in [2.05, 4.69) is 19.9 Å². The van der Waals surface area contributed by atoms with Crippen LogP contribution in [0.3, 0.4) is 0 Å². The normalized spacial score (nSPS) is 16.8. The maximum Gasteiger partial charge on any atom is 0.261 e. The highest BCUT2D eigenvalue weighted by molar-refractivity contribution is 7.92. The predicted octanol–water partition coefficient (Wildman–Crippen LogP) is 4.17. The summed E-state index contributed by atoms with van der Waals surface area (Å²) in [5.74, 6) is 0.486. The number of hydrogen-bond donors (Lipinski definition) is 3. The van der Waals surface area contributed by atoms with Gasteiger partial charge in [-0.15, -0.1) is 0 Å². The standard InChI is InChI=1S/C29H28N4O5S/c34-29-26(25-19-24(7-9-28(25)31-29)39(35,36)32-21-4-2-1-3-5-21)18-22-16-20-17-23(6-8-27(20)30-22)38-15-12-33-10-13-37-14-11-33/h1-9,16-19,30,32H,10-15H2,(H,31,34)/b26-18+. The van der Waals surface area contributed by atoms with E-state index in [1.807, 2.05) is 30.3 Å². The highest BCUT2D eigenvalue weighted by Crippen LogP contribution is 2.35. The lowest BCUT2D eigenvalue weighted by Crippen LogP contribution is -2.38. The average Bonchev–Trinajstić information content (AvgIpc) is 3.48. The van der Waals surface area contributed by atoms with Crippen LogP contribution in [0.5, 0.6) is 5.75 Å². The van der Waals surface area contributed by atoms with E-state index in [0.29, 0.717) is 29.1 Å². The summed E-state index contributed by atoms with van der Waals surface area (Å²) in [5, 5.41) is 3.77. The summed E-state index contributed by atoms with van der Waals surface area (Å²) < 4.78 is 39.9. The van der Waals surface area contributed by atoms with Crippen LogP contribution in [-0.4, -0.2) is 63.7 Å². The fourth-order valence-corrected chi connectivity index (χ4v) is 5.86. The van der Waals surface area contributed by atoms with E-state index in [-0.39, 0.29) is 10.8 Å². The van der Waals surface area contributed by atoms with Gasteiger partial charge in [-0.3, -0.25) is 14.4 Å². The Kier molecular flexibility index (Phi) is 6.82. The van der Waals surface area contributed by atoms with Gasteiger partial charge in [-0.25, -0.2) is 8.42 Å². The first kappa shape index (κ1) is 25.2. The fraction of sp³-hybridized carbons (Fsp3) is 0.207. The van der Waals surface area contributed by atoms with E-state index in [0.717, 1.165) is 55.2 Å². The Morgan fingerprint density at radius 3 is 2.64 bits per heavy atom. The molecule has 0 unspecified atom stereocenters. The first-order chi connectivity index (χ1) is 18.9. The minimum Gasteiger partial charge on any atom is -0.492 e. The van der Waals surface area contributed by atoms with E-state index < -0.39 is 10.0 Å². The smallest absolute Gasteiger partial charge is 0.261 e. The quantitative estimate of drug-likeness (QED) is 0.287. The third kappa shape index (κ3) is 5.53. The number of hydrogen-bond acceptors (Lipinski definition) is 6. The molecule has 0 atom stereocenters. The van der Waals surface area contributed by atoms with E-state index in [1.165, 1.54) is 12.1 Å². The molecule has 0 saturated carbocycles. The second-order valence-corrected chi connectivity index (χ2v) is 11.1. The summed E-state index contributed by atoms with van der Waals surface area (Å²) in [5.41, 5.74) is 3.58. The summed E-state index contributed by atoms with van der Waals surface area (Å²) >= 11 is 0. The van der Waals surface area contributed by atoms with Crippen LogP contribution in [0.1, 0.15) is 11.3 Å². The number of anilines is 2. The molecule has 3 aromatic carbocycles. The Balaban J connectivity index is 1.22. The number of para-hydroxylation sites is 1. The number of carbonyl (C=O) groups is 1. The van der Waals surface area contributed by atoms with Gasteiger partial charge in [0.05, 0.1) is 23.7 Å². The van der Waals surface area contributed by atoms with Crippen LogP contribution in [0, 0.1) is 0 Å². The molecule has 0 bridgehead atoms. The lowest BCUT2D eigenvalue weighted by atomic mass is 10.1. The number of nitrogens with one attached hydrogen (secondary N) is 3. The Bertz CT molecular complexity index is 1660. The Labute approximate surface area is 226 Å². The van der Waals surface area contributed by atoms with Crippen molar-refractivity contribution in [2.75, 3.05) is 49.5 Å². The Hall–Kier alpha value is -4.12. The number of benzene rings is 3. The molecular weight excluding hydrogens is 516 g/mol. The van der Waals surface area contributed by atoms with Crippen LogP contribution in [0.15, 0.2) is 77.7 Å². The maximum absolute atomic E-state index is 13.0. The van der Waals surface area contributed by atoms with Crippen molar-refractivity contribution in [2.24, 2.45) is 0 Å². The number of nitrogens with zero attached hydrogens (tertiary/aromatic N) is 1. The molecule has 6 rings (SSSR count). The lowest BCUT2D eigenvalue weighted by molar-refractivity contribution is -0.110. The van der Waals surface area contributed by atoms with Crippen molar-refractivity contribution in [3.05, 3.63) is 84.1 Å². The Morgan fingerprint density at radius 2 is 1.82 bits per heavy atom. The molecular formula is C29H28N4O5S. The summed E-state index contributed by atoms with van der Waals surface area (Å²) in [6.07, 6.45) is 1.74. The third-order valence-corrected chi connectivity index (χ3v) is 8.18. The van der Waals surface area contributed by atoms with Crippen LogP contribution >= 0.6 is 0 Å². The molecule has 1 saturated heterocycles. The van der Waals surface area contributed by atoms with Crippen LogP contribution in [0.2, 0.25) is 0 Å². The largest absolute Gasteiger partial charge is 0.492 e. The summed E-state index contributed by atoms with van der Waals surface area (Å²) in [4.78, 5) is 18.5. The number of sulfonamides is 1. The molecule has 200 valence electrons. The van der Waals surface area contributed by atoms with Crippen LogP contribution in [0.25, 0.3) is 22.6 Å². The molecule has 2 aliphatic rings. The lowest BCUT2D eigenvalue weighted by Gasteiger charge is -2.26. The molecule has 0 aliphatic carbocycles. The van der Waals surface area contributed by atoms with E-state index >= 15 is 0 Å². The van der Waals surface area contributed by atoms with Gasteiger partial charge in [0.1, 0.15) is 12.4 Å². The Morgan fingerprint density at radius 1 is 1.00 bits per heavy atom. The fourth-order valence-electron chi connectivity index (χ4n) is 4.77. The molecule has 0 spiro atoms. The van der Waals surface area contributed by atoms with Crippen LogP contribution < -0.4 is 14.8 Å². The molecule has 4 aromatic rings. The number of fused-ring (bicyclic) bond motifs is 2. The van der Waals surface area contributed by atoms with Crippen molar-refractivity contribution >= 4 is 49.9 Å². The van der Waals surface area contributed by atoms with Gasteiger partial charge in [0.2, 0.25) is 0 Å². The minimum absolute atomic E-state index is 0.0722. The number of aromatic amines is 1. The summed E-state index contributed by atoms with van der Waals surface area (Å²) in [7, 11) is -3.84. The number of morpholine rings is 1. The SMILES string of the molecule is O=C1Nc2ccc(S(=O)(=O)Nc3ccccc3)cc2/C1=C\c1cc2cc(OCCN3CCOCC3)ccc2[nH]1. The van der Waals surface area contributed by atoms with Gasteiger partial charge in [0.15, 0.2) is 0 Å². The minimum atomic E-state index is -3.84. The van der Waals surface area contributed by atoms with Crippen molar-refractivity contribution in [3.8, 4) is 5.75 Å². The number of amides is 1. The van der Waals surface area contributed by atoms with Crippen LogP contribution in [-0.2, 0) is 19.6 Å². The number of ether oxygens (including phenoxy) is 2. The zero-order valence-corrected chi connectivity index (χ0v) is 22.0. The van der Waals surface area contributed by atoms with Crippen molar-refractivity contribution < 1.29 is 22.7 Å². The van der Waals surface area contributed by atoms with Crippen molar-refractivity contribution in [3.63, 3.8) is 0 Å². The van der Waals surface area contributed by atoms with E-state index in [9.17, 15) is 13.2 Å². The van der Waals surface area contributed by atoms with Crippen LogP contribution in [0.4, 0.5) is 11.4 Å². The van der Waals surface area contributed by atoms with Gasteiger partial charge in [0.25, 0.3) is 15.9 Å². The number of rotatable bonds is 8. The highest BCUT2D eigenvalue weighted by atomic mass is 32.2. The highest BCUT2D eigenvalue weighted by Gasteiger charge is 2.27. The van der Waals surface area contributed by atoms with Gasteiger partial charge >= 0.3 is 0 Å². The summed E-state index contributed by atoms with van der Waals surface area (Å²) in [6.45, 7) is 4.81. The monoisotopic (exact) mass is 544 g/mol. The molecule has 1 aromatic heterocycles. The topological polar surface area (TPSA) is 113 Å². The van der Waals surface area contributed by atoms with Gasteiger partial charge in [-0.05, 0) is 60.7 Å². The van der Waals surface area contributed by atoms with Crippen molar-refractivity contribution in [1.82, 2.24) is 9.88 Å². The maximum atomic E-state index is 13.0. The molecule has 9 nitrogen and oxygen atoms in total. The molecule has 2 aliphatic heterocycles. The number of aromatic nitrogens is 1. The second-order valence-electron chi connectivity index (χ2n) is 9.47. The van der Waals surface area contributed by atoms with Gasteiger partial charge in [-0.1, -0.05) is 18.2 Å². The molecule has 1 amide bonds. The first-order valence-electron chi connectivity index (χ1n) is 12.8. The molecule has 10 heteroatoms. The zero-order chi connectivity index (χ0) is 26.8. The van der Waals surface area contributed by atoms with Gasteiger partial charge in [-0.2, -0.15) is 0 Å². The van der Waals surface area contributed by atoms with Gasteiger partial charge < -0.3 is 19.8 Å². The molecule has 3 heterocycles. The molecule has 1 fully saturated rings. The van der Waals surface area contributed by atoms with Gasteiger partial charge in [0, 0.05) is 53.2 Å². The van der Waals surface area contributed by atoms with E-state index in [1.54, 1.807) is 36.4 Å². The van der Waals surface area contributed by atoms with Crippen molar-refractivity contribution in [2.45, 2.75) is 4.90 Å². The molecule has 3 N–H and O–H groups in total. The number of carbonyl (C=O) groups excluding carboxylic acids is 1. The van der Waals surface area contributed by atoms with E-state index in [4.69, 9.17) is 9.47 Å². The first-order valence-corrected chi connectivity index (χ1v) is 14.2. The number of H-pyrrole nitrogens is 1. The van der Waals surface area contributed by atoms with Crippen molar-refractivity contribution in [1.29, 1.82) is 0 Å². The average molecular weight is 545 g/mol. The summed E-state index contributed by atoms with van der Waals surface area (Å²) in [6, 6.07) is 21.1. The predicted molar refractivity (Wildman–Crippen MR) is 151 cm³/mol. The molecule has 0 radical (unpaired) electrons. The zero-order valence-electron chi connectivity index (χ0n) is 21.1. The third-order valence-electron chi connectivity index (χ3n) is 6.80. The molecule has 39 heavy (non-hydrogen) atoms. The second kappa shape index (κ2) is 10.6.